The monoisotopic (exact) mass is 558 g/mol. The number of carbonyl (C=O) groups is 1. The van der Waals surface area contributed by atoms with Crippen LogP contribution in [0.2, 0.25) is 0 Å². The number of unbranched alkanes of at least 4 members (excludes halogenated alkanes) is 14. The summed E-state index contributed by atoms with van der Waals surface area (Å²) in [5.41, 5.74) is 0.786. The van der Waals surface area contributed by atoms with Crippen LogP contribution in [0.5, 0.6) is 0 Å². The molecule has 0 aliphatic heterocycles. The number of fused-ring (bicyclic) bond motifs is 3. The lowest BCUT2D eigenvalue weighted by molar-refractivity contribution is -0.130. The van der Waals surface area contributed by atoms with Crippen LogP contribution in [-0.2, 0) is 4.79 Å². The lowest BCUT2D eigenvalue weighted by Gasteiger charge is -2.62. The van der Waals surface area contributed by atoms with Crippen LogP contribution in [0.4, 0.5) is 0 Å². The molecular formula is C38H71NO. The molecule has 2 nitrogen and oxygen atoms in total. The first kappa shape index (κ1) is 34.0. The molecule has 0 aromatic rings. The molecule has 3 aliphatic rings. The van der Waals surface area contributed by atoms with Crippen molar-refractivity contribution >= 4 is 5.91 Å². The van der Waals surface area contributed by atoms with Crippen LogP contribution < -0.4 is 5.32 Å². The quantitative estimate of drug-likeness (QED) is 0.157. The molecule has 6 atom stereocenters. The minimum atomic E-state index is 0.289. The van der Waals surface area contributed by atoms with Gasteiger partial charge in [-0.2, -0.15) is 0 Å². The lowest BCUT2D eigenvalue weighted by Crippen LogP contribution is -2.56. The Morgan fingerprint density at radius 1 is 0.750 bits per heavy atom. The van der Waals surface area contributed by atoms with Crippen LogP contribution in [0, 0.1) is 40.4 Å². The number of hydrogen-bond acceptors (Lipinski definition) is 1. The van der Waals surface area contributed by atoms with E-state index in [0.29, 0.717) is 11.3 Å². The maximum absolute atomic E-state index is 12.8. The van der Waals surface area contributed by atoms with Gasteiger partial charge in [-0.25, -0.2) is 0 Å². The zero-order chi connectivity index (χ0) is 28.8. The molecule has 3 fully saturated rings. The first-order chi connectivity index (χ1) is 19.3. The number of nitrogens with one attached hydrogen (secondary N) is 1. The van der Waals surface area contributed by atoms with Gasteiger partial charge in [0.25, 0.3) is 0 Å². The summed E-state index contributed by atoms with van der Waals surface area (Å²) in [5.74, 6) is 4.80. The van der Waals surface area contributed by atoms with Gasteiger partial charge in [-0.05, 0) is 91.8 Å². The Hall–Kier alpha value is -0.530. The molecule has 0 aromatic heterocycles. The van der Waals surface area contributed by atoms with Gasteiger partial charge in [0.05, 0.1) is 0 Å². The molecule has 1 N–H and O–H groups in total. The van der Waals surface area contributed by atoms with Crippen LogP contribution in [-0.4, -0.2) is 12.5 Å². The van der Waals surface area contributed by atoms with E-state index in [1.54, 1.807) is 0 Å². The highest BCUT2D eigenvalue weighted by Gasteiger charge is 2.56. The van der Waals surface area contributed by atoms with Crippen LogP contribution in [0.15, 0.2) is 0 Å². The summed E-state index contributed by atoms with van der Waals surface area (Å²) in [4.78, 5) is 12.8. The topological polar surface area (TPSA) is 29.1 Å². The fourth-order valence-corrected chi connectivity index (χ4v) is 9.87. The van der Waals surface area contributed by atoms with Crippen molar-refractivity contribution in [3.05, 3.63) is 0 Å². The molecule has 0 radical (unpaired) electrons. The van der Waals surface area contributed by atoms with E-state index in [-0.39, 0.29) is 5.41 Å². The SMILES string of the molecule is CCCCCCCCCCCCCCCCCC(=O)NCC1(C)CCC[C@]2(C)C3CCC(C(C)C)CC3CCC12. The zero-order valence-electron chi connectivity index (χ0n) is 28.0. The van der Waals surface area contributed by atoms with E-state index in [9.17, 15) is 4.79 Å². The predicted molar refractivity (Wildman–Crippen MR) is 175 cm³/mol. The summed E-state index contributed by atoms with van der Waals surface area (Å²) < 4.78 is 0. The largest absolute Gasteiger partial charge is 0.356 e. The fourth-order valence-electron chi connectivity index (χ4n) is 9.87. The van der Waals surface area contributed by atoms with E-state index >= 15 is 0 Å². The molecule has 0 bridgehead atoms. The molecule has 0 spiro atoms. The Kier molecular flexibility index (Phi) is 14.9. The highest BCUT2D eigenvalue weighted by Crippen LogP contribution is 2.64. The third kappa shape index (κ3) is 10.0. The first-order valence-corrected chi connectivity index (χ1v) is 18.6. The van der Waals surface area contributed by atoms with Gasteiger partial charge < -0.3 is 5.32 Å². The fraction of sp³-hybridized carbons (Fsp3) is 0.974. The second-order valence-electron chi connectivity index (χ2n) is 15.8. The zero-order valence-corrected chi connectivity index (χ0v) is 28.0. The van der Waals surface area contributed by atoms with Crippen LogP contribution >= 0.6 is 0 Å². The predicted octanol–water partition coefficient (Wildman–Crippen LogP) is 11.7. The van der Waals surface area contributed by atoms with Crippen molar-refractivity contribution in [2.24, 2.45) is 40.4 Å². The van der Waals surface area contributed by atoms with Crippen molar-refractivity contribution in [2.45, 2.75) is 189 Å². The Bertz CT molecular complexity index is 702. The summed E-state index contributed by atoms with van der Waals surface area (Å²) in [5, 5.41) is 3.45. The molecule has 234 valence electrons. The Labute approximate surface area is 251 Å². The minimum absolute atomic E-state index is 0.289. The summed E-state index contributed by atoms with van der Waals surface area (Å²) in [6.07, 6.45) is 32.7. The van der Waals surface area contributed by atoms with Gasteiger partial charge in [-0.1, -0.05) is 131 Å². The minimum Gasteiger partial charge on any atom is -0.356 e. The molecule has 0 heterocycles. The van der Waals surface area contributed by atoms with Gasteiger partial charge in [0.1, 0.15) is 0 Å². The van der Waals surface area contributed by atoms with Crippen molar-refractivity contribution < 1.29 is 4.79 Å². The van der Waals surface area contributed by atoms with E-state index in [0.717, 1.165) is 49.0 Å². The summed E-state index contributed by atoms with van der Waals surface area (Å²) in [7, 11) is 0. The van der Waals surface area contributed by atoms with Crippen LogP contribution in [0.1, 0.15) is 189 Å². The standard InChI is InChI=1S/C38H71NO/c1-6-7-8-9-10-11-12-13-14-15-16-17-18-19-20-22-36(40)39-30-37(4)27-21-28-38(5)34-25-23-32(31(2)3)29-33(34)24-26-35(37)38/h31-35H,6-30H2,1-5H3,(H,39,40)/t32?,33?,34?,35?,37?,38-/m1/s1. The van der Waals surface area contributed by atoms with E-state index < -0.39 is 0 Å². The molecule has 40 heavy (non-hydrogen) atoms. The maximum atomic E-state index is 12.8. The third-order valence-corrected chi connectivity index (χ3v) is 12.4. The molecule has 3 saturated carbocycles. The second kappa shape index (κ2) is 17.6. The summed E-state index contributed by atoms with van der Waals surface area (Å²) in [6.45, 7) is 13.3. The molecule has 3 rings (SSSR count). The maximum Gasteiger partial charge on any atom is 0.220 e. The van der Waals surface area contributed by atoms with Crippen LogP contribution in [0.25, 0.3) is 0 Å². The number of rotatable bonds is 19. The van der Waals surface area contributed by atoms with Crippen molar-refractivity contribution in [3.8, 4) is 0 Å². The second-order valence-corrected chi connectivity index (χ2v) is 15.8. The highest BCUT2D eigenvalue weighted by atomic mass is 16.1. The van der Waals surface area contributed by atoms with E-state index in [4.69, 9.17) is 0 Å². The van der Waals surface area contributed by atoms with Gasteiger partial charge >= 0.3 is 0 Å². The molecular weight excluding hydrogens is 486 g/mol. The summed E-state index contributed by atoms with van der Waals surface area (Å²) in [6, 6.07) is 0. The molecule has 0 saturated heterocycles. The Balaban J connectivity index is 1.25. The molecule has 1 amide bonds. The van der Waals surface area contributed by atoms with Gasteiger partial charge in [0.2, 0.25) is 5.91 Å². The molecule has 2 heteroatoms. The normalized spacial score (nSPS) is 32.0. The highest BCUT2D eigenvalue weighted by molar-refractivity contribution is 5.75. The van der Waals surface area contributed by atoms with Gasteiger partial charge in [0.15, 0.2) is 0 Å². The Morgan fingerprint density at radius 3 is 1.90 bits per heavy atom. The molecule has 0 aromatic carbocycles. The first-order valence-electron chi connectivity index (χ1n) is 18.6. The Morgan fingerprint density at radius 2 is 1.32 bits per heavy atom. The number of hydrogen-bond donors (Lipinski definition) is 1. The van der Waals surface area contributed by atoms with Gasteiger partial charge in [0, 0.05) is 13.0 Å². The van der Waals surface area contributed by atoms with Gasteiger partial charge in [-0.15, -0.1) is 0 Å². The molecule has 5 unspecified atom stereocenters. The van der Waals surface area contributed by atoms with E-state index in [2.05, 4.69) is 39.9 Å². The number of carbonyl (C=O) groups excluding carboxylic acids is 1. The van der Waals surface area contributed by atoms with Crippen molar-refractivity contribution in [2.75, 3.05) is 6.54 Å². The number of amides is 1. The lowest BCUT2D eigenvalue weighted by atomic mass is 9.43. The van der Waals surface area contributed by atoms with Crippen LogP contribution in [0.3, 0.4) is 0 Å². The smallest absolute Gasteiger partial charge is 0.220 e. The average molecular weight is 558 g/mol. The van der Waals surface area contributed by atoms with Crippen molar-refractivity contribution in [3.63, 3.8) is 0 Å². The van der Waals surface area contributed by atoms with E-state index in [1.165, 1.54) is 141 Å². The van der Waals surface area contributed by atoms with E-state index in [1.807, 2.05) is 0 Å². The molecule has 3 aliphatic carbocycles. The third-order valence-electron chi connectivity index (χ3n) is 12.4. The summed E-state index contributed by atoms with van der Waals surface area (Å²) >= 11 is 0. The van der Waals surface area contributed by atoms with Crippen molar-refractivity contribution in [1.82, 2.24) is 5.32 Å². The van der Waals surface area contributed by atoms with Gasteiger partial charge in [-0.3, -0.25) is 4.79 Å². The average Bonchev–Trinajstić information content (AvgIpc) is 2.93. The van der Waals surface area contributed by atoms with Crippen molar-refractivity contribution in [1.29, 1.82) is 0 Å².